The van der Waals surface area contributed by atoms with Gasteiger partial charge in [-0.3, -0.25) is 4.79 Å². The number of amides is 1. The number of aromatic nitrogens is 2. The van der Waals surface area contributed by atoms with Gasteiger partial charge in [-0.15, -0.1) is 0 Å². The molecule has 102 valence electrons. The van der Waals surface area contributed by atoms with E-state index < -0.39 is 0 Å². The van der Waals surface area contributed by atoms with Gasteiger partial charge < -0.3 is 10.6 Å². The lowest BCUT2D eigenvalue weighted by atomic mass is 10.1. The van der Waals surface area contributed by atoms with Crippen LogP contribution in [0.5, 0.6) is 0 Å². The van der Waals surface area contributed by atoms with Gasteiger partial charge in [0.05, 0.1) is 6.54 Å². The molecule has 1 aliphatic heterocycles. The third-order valence-corrected chi connectivity index (χ3v) is 3.45. The second-order valence-corrected chi connectivity index (χ2v) is 4.89. The maximum atomic E-state index is 12.3. The molecule has 1 amide bonds. The fraction of sp³-hybridized carbons (Fsp3) is 0.267. The third-order valence-electron chi connectivity index (χ3n) is 3.45. The number of benzene rings is 1. The van der Waals surface area contributed by atoms with E-state index in [0.717, 1.165) is 29.8 Å². The minimum atomic E-state index is 0.112. The Hall–Kier alpha value is -2.43. The number of anilines is 2. The highest BCUT2D eigenvalue weighted by Crippen LogP contribution is 2.29. The Bertz CT molecular complexity index is 627. The number of rotatable bonds is 2. The molecule has 0 saturated heterocycles. The molecule has 5 heteroatoms. The number of hydrogen-bond donors (Lipinski definition) is 1. The summed E-state index contributed by atoms with van der Waals surface area (Å²) in [5.41, 5.74) is 8.61. The Morgan fingerprint density at radius 1 is 1.20 bits per heavy atom. The molecule has 0 atom stereocenters. The molecular formula is C15H16N4O. The molecule has 20 heavy (non-hydrogen) atoms. The van der Waals surface area contributed by atoms with Gasteiger partial charge in [-0.25, -0.2) is 9.97 Å². The van der Waals surface area contributed by atoms with Crippen LogP contribution >= 0.6 is 0 Å². The first-order valence-electron chi connectivity index (χ1n) is 6.69. The largest absolute Gasteiger partial charge is 0.399 e. The first kappa shape index (κ1) is 12.6. The lowest BCUT2D eigenvalue weighted by molar-refractivity contribution is -0.118. The molecule has 5 nitrogen and oxygen atoms in total. The fourth-order valence-corrected chi connectivity index (χ4v) is 2.49. The van der Waals surface area contributed by atoms with Crippen molar-refractivity contribution in [3.05, 3.63) is 48.0 Å². The average Bonchev–Trinajstić information content (AvgIpc) is 2.60. The predicted molar refractivity (Wildman–Crippen MR) is 77.0 cm³/mol. The van der Waals surface area contributed by atoms with E-state index in [1.165, 1.54) is 0 Å². The van der Waals surface area contributed by atoms with Crippen molar-refractivity contribution in [2.24, 2.45) is 0 Å². The van der Waals surface area contributed by atoms with Crippen molar-refractivity contribution in [2.45, 2.75) is 25.8 Å². The Labute approximate surface area is 117 Å². The van der Waals surface area contributed by atoms with E-state index in [1.54, 1.807) is 23.4 Å². The smallest absolute Gasteiger partial charge is 0.227 e. The monoisotopic (exact) mass is 268 g/mol. The molecule has 0 bridgehead atoms. The first-order valence-corrected chi connectivity index (χ1v) is 6.69. The van der Waals surface area contributed by atoms with E-state index >= 15 is 0 Å². The topological polar surface area (TPSA) is 72.1 Å². The Morgan fingerprint density at radius 3 is 2.80 bits per heavy atom. The van der Waals surface area contributed by atoms with E-state index in [-0.39, 0.29) is 5.91 Å². The standard InChI is InChI=1S/C15H16N4O/c16-12-5-6-13-11(9-12)3-1-4-15(20)19(13)10-14-17-7-2-8-18-14/h2,5-9H,1,3-4,10,16H2. The molecular weight excluding hydrogens is 252 g/mol. The van der Waals surface area contributed by atoms with Gasteiger partial charge >= 0.3 is 0 Å². The average molecular weight is 268 g/mol. The van der Waals surface area contributed by atoms with E-state index in [1.807, 2.05) is 18.2 Å². The lowest BCUT2D eigenvalue weighted by Crippen LogP contribution is -2.30. The summed E-state index contributed by atoms with van der Waals surface area (Å²) in [4.78, 5) is 22.5. The van der Waals surface area contributed by atoms with Crippen LogP contribution in [0.25, 0.3) is 0 Å². The zero-order valence-corrected chi connectivity index (χ0v) is 11.1. The Kier molecular flexibility index (Phi) is 3.33. The maximum Gasteiger partial charge on any atom is 0.227 e. The van der Waals surface area contributed by atoms with Crippen LogP contribution in [0.1, 0.15) is 24.2 Å². The van der Waals surface area contributed by atoms with Gasteiger partial charge in [-0.1, -0.05) is 0 Å². The fourth-order valence-electron chi connectivity index (χ4n) is 2.49. The number of nitrogens with two attached hydrogens (primary N) is 1. The van der Waals surface area contributed by atoms with Crippen molar-refractivity contribution >= 4 is 17.3 Å². The van der Waals surface area contributed by atoms with E-state index in [2.05, 4.69) is 9.97 Å². The molecule has 0 spiro atoms. The van der Waals surface area contributed by atoms with E-state index in [9.17, 15) is 4.79 Å². The van der Waals surface area contributed by atoms with Crippen molar-refractivity contribution in [1.29, 1.82) is 0 Å². The normalized spacial score (nSPS) is 14.8. The van der Waals surface area contributed by atoms with Gasteiger partial charge in [-0.05, 0) is 42.7 Å². The van der Waals surface area contributed by atoms with E-state index in [4.69, 9.17) is 5.73 Å². The van der Waals surface area contributed by atoms with Gasteiger partial charge in [0, 0.05) is 30.2 Å². The Balaban J connectivity index is 1.98. The van der Waals surface area contributed by atoms with Crippen LogP contribution in [0.3, 0.4) is 0 Å². The molecule has 0 unspecified atom stereocenters. The van der Waals surface area contributed by atoms with Crippen LogP contribution in [0.4, 0.5) is 11.4 Å². The van der Waals surface area contributed by atoms with Crippen molar-refractivity contribution in [3.63, 3.8) is 0 Å². The second kappa shape index (κ2) is 5.28. The molecule has 1 aliphatic rings. The SMILES string of the molecule is Nc1ccc2c(c1)CCCC(=O)N2Cc1ncccn1. The summed E-state index contributed by atoms with van der Waals surface area (Å²) < 4.78 is 0. The van der Waals surface area contributed by atoms with Gasteiger partial charge in [0.2, 0.25) is 5.91 Å². The predicted octanol–water partition coefficient (Wildman–Crippen LogP) is 1.93. The summed E-state index contributed by atoms with van der Waals surface area (Å²) in [7, 11) is 0. The maximum absolute atomic E-state index is 12.3. The lowest BCUT2D eigenvalue weighted by Gasteiger charge is -2.22. The molecule has 0 radical (unpaired) electrons. The number of nitrogens with zero attached hydrogens (tertiary/aromatic N) is 3. The molecule has 1 aromatic heterocycles. The molecule has 2 heterocycles. The number of carbonyl (C=O) groups is 1. The van der Waals surface area contributed by atoms with Crippen LogP contribution in [0, 0.1) is 0 Å². The first-order chi connectivity index (χ1) is 9.74. The summed E-state index contributed by atoms with van der Waals surface area (Å²) in [5.74, 6) is 0.756. The summed E-state index contributed by atoms with van der Waals surface area (Å²) in [6, 6.07) is 7.46. The van der Waals surface area contributed by atoms with Crippen molar-refractivity contribution in [3.8, 4) is 0 Å². The Morgan fingerprint density at radius 2 is 2.00 bits per heavy atom. The zero-order valence-electron chi connectivity index (χ0n) is 11.1. The summed E-state index contributed by atoms with van der Waals surface area (Å²) in [6.45, 7) is 0.399. The number of hydrogen-bond acceptors (Lipinski definition) is 4. The van der Waals surface area contributed by atoms with Crippen molar-refractivity contribution < 1.29 is 4.79 Å². The molecule has 1 aromatic carbocycles. The molecule has 0 aliphatic carbocycles. The van der Waals surface area contributed by atoms with Crippen LogP contribution < -0.4 is 10.6 Å². The molecule has 0 saturated carbocycles. The van der Waals surface area contributed by atoms with Gasteiger partial charge in [0.25, 0.3) is 0 Å². The minimum absolute atomic E-state index is 0.112. The van der Waals surface area contributed by atoms with Crippen molar-refractivity contribution in [1.82, 2.24) is 9.97 Å². The molecule has 2 aromatic rings. The van der Waals surface area contributed by atoms with Crippen LogP contribution in [-0.4, -0.2) is 15.9 Å². The molecule has 3 rings (SSSR count). The quantitative estimate of drug-likeness (QED) is 0.845. The van der Waals surface area contributed by atoms with Gasteiger partial charge in [0.15, 0.2) is 0 Å². The van der Waals surface area contributed by atoms with Gasteiger partial charge in [0.1, 0.15) is 5.82 Å². The highest BCUT2D eigenvalue weighted by Gasteiger charge is 2.23. The van der Waals surface area contributed by atoms with Crippen molar-refractivity contribution in [2.75, 3.05) is 10.6 Å². The number of nitrogen functional groups attached to an aromatic ring is 1. The minimum Gasteiger partial charge on any atom is -0.399 e. The summed E-state index contributed by atoms with van der Waals surface area (Å²) in [6.07, 6.45) is 5.64. The second-order valence-electron chi connectivity index (χ2n) is 4.89. The van der Waals surface area contributed by atoms with Gasteiger partial charge in [-0.2, -0.15) is 0 Å². The van der Waals surface area contributed by atoms with Crippen LogP contribution in [0.2, 0.25) is 0 Å². The highest BCUT2D eigenvalue weighted by atomic mass is 16.2. The number of fused-ring (bicyclic) bond motifs is 1. The van der Waals surface area contributed by atoms with Crippen LogP contribution in [0.15, 0.2) is 36.7 Å². The number of aryl methyl sites for hydroxylation is 1. The summed E-state index contributed by atoms with van der Waals surface area (Å²) in [5, 5.41) is 0. The number of carbonyl (C=O) groups excluding carboxylic acids is 1. The zero-order chi connectivity index (χ0) is 13.9. The molecule has 0 fully saturated rings. The third kappa shape index (κ3) is 2.47. The molecule has 2 N–H and O–H groups in total. The highest BCUT2D eigenvalue weighted by molar-refractivity contribution is 5.94. The van der Waals surface area contributed by atoms with Crippen LogP contribution in [-0.2, 0) is 17.8 Å². The summed E-state index contributed by atoms with van der Waals surface area (Å²) >= 11 is 0. The van der Waals surface area contributed by atoms with E-state index in [0.29, 0.717) is 18.8 Å².